The molecule has 0 aromatic rings. The maximum absolute atomic E-state index is 12.8. The molecule has 1 N–H and O–H groups in total. The fraction of sp³-hybridized carbons (Fsp3) is 0.933. The molecule has 2 aliphatic rings. The van der Waals surface area contributed by atoms with Gasteiger partial charge in [-0.3, -0.25) is 10.1 Å². The maximum atomic E-state index is 12.8. The average Bonchev–Trinajstić information content (AvgIpc) is 2.86. The molecule has 1 saturated carbocycles. The minimum absolute atomic E-state index is 0.205. The Bertz CT molecular complexity index is 308. The van der Waals surface area contributed by atoms with Gasteiger partial charge in [0, 0.05) is 6.04 Å². The van der Waals surface area contributed by atoms with Gasteiger partial charge < -0.3 is 4.90 Å². The van der Waals surface area contributed by atoms with Gasteiger partial charge in [-0.1, -0.05) is 33.6 Å². The van der Waals surface area contributed by atoms with Gasteiger partial charge in [0.2, 0.25) is 5.91 Å². The van der Waals surface area contributed by atoms with Crippen LogP contribution in [0.15, 0.2) is 0 Å². The third-order valence-electron chi connectivity index (χ3n) is 4.64. The topological polar surface area (TPSA) is 32.3 Å². The number of amides is 1. The fourth-order valence-electron chi connectivity index (χ4n) is 3.50. The summed E-state index contributed by atoms with van der Waals surface area (Å²) < 4.78 is 0. The van der Waals surface area contributed by atoms with Gasteiger partial charge in [-0.15, -0.1) is 0 Å². The van der Waals surface area contributed by atoms with E-state index in [4.69, 9.17) is 0 Å². The number of carbonyl (C=O) groups is 1. The molecule has 3 heteroatoms. The van der Waals surface area contributed by atoms with Crippen LogP contribution in [-0.2, 0) is 4.79 Å². The molecule has 1 aliphatic heterocycles. The number of nitrogens with one attached hydrogen (secondary N) is 1. The van der Waals surface area contributed by atoms with E-state index in [2.05, 4.69) is 37.9 Å². The van der Waals surface area contributed by atoms with Crippen LogP contribution in [0.3, 0.4) is 0 Å². The van der Waals surface area contributed by atoms with Crippen molar-refractivity contribution in [3.63, 3.8) is 0 Å². The molecular formula is C15H28N2O. The lowest BCUT2D eigenvalue weighted by Gasteiger charge is -2.30. The average molecular weight is 252 g/mol. The van der Waals surface area contributed by atoms with Crippen molar-refractivity contribution in [2.24, 2.45) is 5.92 Å². The van der Waals surface area contributed by atoms with E-state index in [0.29, 0.717) is 17.9 Å². The Morgan fingerprint density at radius 2 is 1.94 bits per heavy atom. The summed E-state index contributed by atoms with van der Waals surface area (Å²) in [7, 11) is 0. The van der Waals surface area contributed by atoms with Gasteiger partial charge in [-0.2, -0.15) is 0 Å². The van der Waals surface area contributed by atoms with Crippen molar-refractivity contribution in [3.05, 3.63) is 0 Å². The number of hydrogen-bond acceptors (Lipinski definition) is 2. The minimum Gasteiger partial charge on any atom is -0.323 e. The van der Waals surface area contributed by atoms with Gasteiger partial charge >= 0.3 is 0 Å². The summed E-state index contributed by atoms with van der Waals surface area (Å²) in [4.78, 5) is 14.9. The number of rotatable bonds is 4. The second kappa shape index (κ2) is 5.20. The van der Waals surface area contributed by atoms with Crippen LogP contribution in [0.4, 0.5) is 0 Å². The second-order valence-electron chi connectivity index (χ2n) is 6.55. The van der Waals surface area contributed by atoms with E-state index >= 15 is 0 Å². The minimum atomic E-state index is -0.205. The first kappa shape index (κ1) is 13.9. The van der Waals surface area contributed by atoms with Crippen LogP contribution >= 0.6 is 0 Å². The van der Waals surface area contributed by atoms with Crippen molar-refractivity contribution < 1.29 is 4.79 Å². The van der Waals surface area contributed by atoms with E-state index in [1.54, 1.807) is 0 Å². The quantitative estimate of drug-likeness (QED) is 0.834. The molecule has 1 amide bonds. The predicted molar refractivity (Wildman–Crippen MR) is 74.2 cm³/mol. The zero-order valence-corrected chi connectivity index (χ0v) is 12.3. The largest absolute Gasteiger partial charge is 0.323 e. The highest BCUT2D eigenvalue weighted by Crippen LogP contribution is 2.38. The molecule has 2 fully saturated rings. The third-order valence-corrected chi connectivity index (χ3v) is 4.64. The Kier molecular flexibility index (Phi) is 4.00. The van der Waals surface area contributed by atoms with Gasteiger partial charge in [-0.25, -0.2) is 0 Å². The second-order valence-corrected chi connectivity index (χ2v) is 6.55. The lowest BCUT2D eigenvalue weighted by Crippen LogP contribution is -2.45. The van der Waals surface area contributed by atoms with Gasteiger partial charge in [0.05, 0.1) is 11.7 Å². The zero-order chi connectivity index (χ0) is 13.3. The molecule has 2 unspecified atom stereocenters. The maximum Gasteiger partial charge on any atom is 0.244 e. The Balaban J connectivity index is 2.20. The first-order valence-corrected chi connectivity index (χ1v) is 7.60. The van der Waals surface area contributed by atoms with Crippen LogP contribution in [0.1, 0.15) is 66.2 Å². The van der Waals surface area contributed by atoms with Crippen LogP contribution in [0.2, 0.25) is 0 Å². The summed E-state index contributed by atoms with van der Waals surface area (Å²) in [6, 6.07) is 0.355. The lowest BCUT2D eigenvalue weighted by atomic mass is 9.97. The lowest BCUT2D eigenvalue weighted by molar-refractivity contribution is -0.135. The van der Waals surface area contributed by atoms with Gasteiger partial charge in [0.1, 0.15) is 0 Å². The highest BCUT2D eigenvalue weighted by atomic mass is 16.2. The standard InChI is InChI=1S/C15H28N2O/c1-5-12(4)17-13(10-11(2)3)16-15(14(17)18)8-6-7-9-15/h11-13,16H,5-10H2,1-4H3. The van der Waals surface area contributed by atoms with Crippen molar-refractivity contribution >= 4 is 5.91 Å². The SMILES string of the molecule is CCC(C)N1C(=O)C2(CCCC2)NC1CC(C)C. The number of carbonyl (C=O) groups excluding carboxylic acids is 1. The summed E-state index contributed by atoms with van der Waals surface area (Å²) in [5.74, 6) is 0.999. The molecule has 0 radical (unpaired) electrons. The van der Waals surface area contributed by atoms with Crippen LogP contribution in [-0.4, -0.2) is 28.6 Å². The van der Waals surface area contributed by atoms with E-state index in [1.807, 2.05) is 0 Å². The van der Waals surface area contributed by atoms with Crippen molar-refractivity contribution in [1.29, 1.82) is 0 Å². The van der Waals surface area contributed by atoms with E-state index < -0.39 is 0 Å². The summed E-state index contributed by atoms with van der Waals surface area (Å²) >= 11 is 0. The molecule has 2 rings (SSSR count). The molecule has 1 aliphatic carbocycles. The third kappa shape index (κ3) is 2.29. The normalized spacial score (nSPS) is 28.6. The molecule has 18 heavy (non-hydrogen) atoms. The van der Waals surface area contributed by atoms with E-state index in [9.17, 15) is 4.79 Å². The monoisotopic (exact) mass is 252 g/mol. The number of hydrogen-bond donors (Lipinski definition) is 1. The Morgan fingerprint density at radius 1 is 1.33 bits per heavy atom. The molecule has 2 atom stereocenters. The first-order valence-electron chi connectivity index (χ1n) is 7.60. The smallest absolute Gasteiger partial charge is 0.244 e. The zero-order valence-electron chi connectivity index (χ0n) is 12.3. The molecule has 0 bridgehead atoms. The van der Waals surface area contributed by atoms with Crippen LogP contribution in [0, 0.1) is 5.92 Å². The first-order chi connectivity index (χ1) is 8.50. The van der Waals surface area contributed by atoms with Crippen LogP contribution in [0.5, 0.6) is 0 Å². The van der Waals surface area contributed by atoms with Gasteiger partial charge in [0.15, 0.2) is 0 Å². The highest BCUT2D eigenvalue weighted by molar-refractivity contribution is 5.89. The Morgan fingerprint density at radius 3 is 2.44 bits per heavy atom. The van der Waals surface area contributed by atoms with E-state index in [1.165, 1.54) is 12.8 Å². The van der Waals surface area contributed by atoms with Crippen LogP contribution < -0.4 is 5.32 Å². The van der Waals surface area contributed by atoms with Crippen molar-refractivity contribution in [2.45, 2.75) is 84.0 Å². The fourth-order valence-corrected chi connectivity index (χ4v) is 3.50. The molecule has 3 nitrogen and oxygen atoms in total. The Labute approximate surface area is 111 Å². The molecule has 104 valence electrons. The number of nitrogens with zero attached hydrogens (tertiary/aromatic N) is 1. The van der Waals surface area contributed by atoms with Crippen molar-refractivity contribution in [2.75, 3.05) is 0 Å². The highest BCUT2D eigenvalue weighted by Gasteiger charge is 2.52. The van der Waals surface area contributed by atoms with E-state index in [-0.39, 0.29) is 11.7 Å². The van der Waals surface area contributed by atoms with E-state index in [0.717, 1.165) is 25.7 Å². The van der Waals surface area contributed by atoms with Gasteiger partial charge in [-0.05, 0) is 38.5 Å². The van der Waals surface area contributed by atoms with Crippen molar-refractivity contribution in [3.8, 4) is 0 Å². The molecule has 0 aromatic heterocycles. The molecular weight excluding hydrogens is 224 g/mol. The summed E-state index contributed by atoms with van der Waals surface area (Å²) in [5, 5.41) is 3.69. The summed E-state index contributed by atoms with van der Waals surface area (Å²) in [5.41, 5.74) is -0.205. The summed E-state index contributed by atoms with van der Waals surface area (Å²) in [6.45, 7) is 8.83. The molecule has 1 heterocycles. The molecule has 1 spiro atoms. The molecule has 1 saturated heterocycles. The predicted octanol–water partition coefficient (Wildman–Crippen LogP) is 2.90. The molecule has 0 aromatic carbocycles. The summed E-state index contributed by atoms with van der Waals surface area (Å²) in [6.07, 6.45) is 6.82. The van der Waals surface area contributed by atoms with Gasteiger partial charge in [0.25, 0.3) is 0 Å². The van der Waals surface area contributed by atoms with Crippen molar-refractivity contribution in [1.82, 2.24) is 10.2 Å². The Hall–Kier alpha value is -0.570. The van der Waals surface area contributed by atoms with Crippen LogP contribution in [0.25, 0.3) is 0 Å².